The van der Waals surface area contributed by atoms with Crippen molar-refractivity contribution in [3.8, 4) is 11.5 Å². The van der Waals surface area contributed by atoms with Gasteiger partial charge in [-0.25, -0.2) is 0 Å². The first-order chi connectivity index (χ1) is 12.3. The number of hydrogen-bond acceptors (Lipinski definition) is 4. The van der Waals surface area contributed by atoms with E-state index in [0.29, 0.717) is 6.04 Å². The van der Waals surface area contributed by atoms with Gasteiger partial charge < -0.3 is 24.7 Å². The highest BCUT2D eigenvalue weighted by Crippen LogP contribution is 2.38. The van der Waals surface area contributed by atoms with E-state index in [-0.39, 0.29) is 0 Å². The van der Waals surface area contributed by atoms with Gasteiger partial charge in [-0.15, -0.1) is 0 Å². The number of likely N-dealkylation sites (tertiary alicyclic amines) is 1. The molecule has 0 spiro atoms. The van der Waals surface area contributed by atoms with Crippen molar-refractivity contribution < 1.29 is 9.47 Å². The molecule has 2 aromatic rings. The van der Waals surface area contributed by atoms with E-state index in [1.807, 2.05) is 0 Å². The van der Waals surface area contributed by atoms with Crippen LogP contribution in [0.3, 0.4) is 0 Å². The van der Waals surface area contributed by atoms with Crippen LogP contribution in [0.5, 0.6) is 11.5 Å². The minimum absolute atomic E-state index is 0.412. The van der Waals surface area contributed by atoms with E-state index in [2.05, 4.69) is 27.3 Å². The summed E-state index contributed by atoms with van der Waals surface area (Å²) in [6.07, 6.45) is 6.33. The maximum Gasteiger partial charge on any atom is 0.162 e. The molecule has 4 rings (SSSR count). The Morgan fingerprint density at radius 2 is 1.84 bits per heavy atom. The van der Waals surface area contributed by atoms with Crippen molar-refractivity contribution in [2.75, 3.05) is 40.4 Å². The van der Waals surface area contributed by atoms with Gasteiger partial charge >= 0.3 is 0 Å². The molecule has 0 aliphatic carbocycles. The number of methoxy groups -OCH3 is 2. The zero-order valence-corrected chi connectivity index (χ0v) is 15.4. The molecular formula is C20H29N3O2. The van der Waals surface area contributed by atoms with Crippen molar-refractivity contribution in [2.24, 2.45) is 0 Å². The summed E-state index contributed by atoms with van der Waals surface area (Å²) in [7, 11) is 3.39. The predicted molar refractivity (Wildman–Crippen MR) is 101 cm³/mol. The summed E-state index contributed by atoms with van der Waals surface area (Å²) in [6, 6.07) is 4.60. The molecule has 1 fully saturated rings. The number of nitrogens with zero attached hydrogens (tertiary/aromatic N) is 1. The van der Waals surface area contributed by atoms with Crippen LogP contribution < -0.4 is 14.8 Å². The van der Waals surface area contributed by atoms with Crippen LogP contribution in [0.25, 0.3) is 10.9 Å². The van der Waals surface area contributed by atoms with Crippen LogP contribution in [0.15, 0.2) is 12.1 Å². The molecule has 1 aromatic carbocycles. The van der Waals surface area contributed by atoms with Crippen molar-refractivity contribution >= 4 is 10.9 Å². The molecule has 2 aliphatic heterocycles. The van der Waals surface area contributed by atoms with E-state index in [1.54, 1.807) is 14.2 Å². The first-order valence-corrected chi connectivity index (χ1v) is 9.52. The van der Waals surface area contributed by atoms with Crippen molar-refractivity contribution in [1.29, 1.82) is 0 Å². The van der Waals surface area contributed by atoms with Gasteiger partial charge in [-0.1, -0.05) is 6.42 Å². The van der Waals surface area contributed by atoms with Gasteiger partial charge in [0.1, 0.15) is 0 Å². The molecular weight excluding hydrogens is 314 g/mol. The summed E-state index contributed by atoms with van der Waals surface area (Å²) in [6.45, 7) is 4.75. The highest BCUT2D eigenvalue weighted by molar-refractivity contribution is 5.88. The lowest BCUT2D eigenvalue weighted by atomic mass is 9.97. The lowest BCUT2D eigenvalue weighted by molar-refractivity contribution is 0.215. The molecule has 2 aliphatic rings. The van der Waals surface area contributed by atoms with Crippen LogP contribution >= 0.6 is 0 Å². The molecule has 1 saturated heterocycles. The van der Waals surface area contributed by atoms with Gasteiger partial charge in [-0.2, -0.15) is 0 Å². The number of H-pyrrole nitrogens is 1. The maximum atomic E-state index is 5.50. The van der Waals surface area contributed by atoms with E-state index < -0.39 is 0 Å². The molecule has 136 valence electrons. The van der Waals surface area contributed by atoms with Gasteiger partial charge in [0, 0.05) is 28.7 Å². The molecule has 0 unspecified atom stereocenters. The van der Waals surface area contributed by atoms with Gasteiger partial charge in [0.2, 0.25) is 0 Å². The van der Waals surface area contributed by atoms with Crippen LogP contribution in [0.2, 0.25) is 0 Å². The molecule has 0 saturated carbocycles. The largest absolute Gasteiger partial charge is 0.493 e. The Morgan fingerprint density at radius 1 is 1.08 bits per heavy atom. The summed E-state index contributed by atoms with van der Waals surface area (Å²) in [5.41, 5.74) is 3.95. The lowest BCUT2D eigenvalue weighted by Crippen LogP contribution is -2.35. The monoisotopic (exact) mass is 343 g/mol. The molecule has 5 nitrogen and oxygen atoms in total. The van der Waals surface area contributed by atoms with Gasteiger partial charge in [0.15, 0.2) is 11.5 Å². The number of rotatable bonds is 5. The second kappa shape index (κ2) is 7.26. The smallest absolute Gasteiger partial charge is 0.162 e. The normalized spacial score (nSPS) is 21.3. The van der Waals surface area contributed by atoms with E-state index >= 15 is 0 Å². The third-order valence-corrected chi connectivity index (χ3v) is 5.74. The second-order valence-corrected chi connectivity index (χ2v) is 7.22. The Kier molecular flexibility index (Phi) is 4.86. The van der Waals surface area contributed by atoms with Crippen molar-refractivity contribution in [2.45, 2.75) is 38.1 Å². The number of piperidine rings is 1. The van der Waals surface area contributed by atoms with E-state index in [9.17, 15) is 0 Å². The molecule has 25 heavy (non-hydrogen) atoms. The summed E-state index contributed by atoms with van der Waals surface area (Å²) >= 11 is 0. The van der Waals surface area contributed by atoms with E-state index in [1.165, 1.54) is 55.5 Å². The standard InChI is InChI=1S/C20H29N3O2/c1-24-18-12-15-14-6-8-21-16(7-11-23-9-4-3-5-10-23)20(14)22-17(15)13-19(18)25-2/h12-13,16,21-22H,3-11H2,1-2H3/t16-/m0/s1. The average molecular weight is 343 g/mol. The fraction of sp³-hybridized carbons (Fsp3) is 0.600. The quantitative estimate of drug-likeness (QED) is 0.875. The van der Waals surface area contributed by atoms with Crippen molar-refractivity contribution in [1.82, 2.24) is 15.2 Å². The fourth-order valence-corrected chi connectivity index (χ4v) is 4.38. The summed E-state index contributed by atoms with van der Waals surface area (Å²) in [5.74, 6) is 1.59. The number of ether oxygens (including phenoxy) is 2. The highest BCUT2D eigenvalue weighted by atomic mass is 16.5. The molecule has 1 aromatic heterocycles. The molecule has 0 bridgehead atoms. The van der Waals surface area contributed by atoms with Crippen LogP contribution in [-0.2, 0) is 6.42 Å². The number of benzene rings is 1. The second-order valence-electron chi connectivity index (χ2n) is 7.22. The minimum Gasteiger partial charge on any atom is -0.493 e. The zero-order valence-electron chi connectivity index (χ0n) is 15.4. The van der Waals surface area contributed by atoms with Gasteiger partial charge in [-0.3, -0.25) is 0 Å². The molecule has 0 amide bonds. The van der Waals surface area contributed by atoms with E-state index in [4.69, 9.17) is 9.47 Å². The summed E-state index contributed by atoms with van der Waals surface area (Å²) in [4.78, 5) is 6.28. The summed E-state index contributed by atoms with van der Waals surface area (Å²) in [5, 5.41) is 4.99. The Balaban J connectivity index is 1.59. The molecule has 2 N–H and O–H groups in total. The average Bonchev–Trinajstić information content (AvgIpc) is 3.04. The first-order valence-electron chi connectivity index (χ1n) is 9.52. The Hall–Kier alpha value is -1.72. The Bertz CT molecular complexity index is 734. The van der Waals surface area contributed by atoms with Crippen LogP contribution in [0, 0.1) is 0 Å². The van der Waals surface area contributed by atoms with Gasteiger partial charge in [0.05, 0.1) is 14.2 Å². The molecule has 3 heterocycles. The van der Waals surface area contributed by atoms with Crippen molar-refractivity contribution in [3.63, 3.8) is 0 Å². The SMILES string of the molecule is COc1cc2[nH]c3c(c2cc1OC)CCN[C@H]3CCN1CCCCC1. The first kappa shape index (κ1) is 16.7. The van der Waals surface area contributed by atoms with Crippen LogP contribution in [0.1, 0.15) is 43.0 Å². The summed E-state index contributed by atoms with van der Waals surface area (Å²) < 4.78 is 11.0. The van der Waals surface area contributed by atoms with Crippen LogP contribution in [0.4, 0.5) is 0 Å². The number of aromatic amines is 1. The molecule has 5 heteroatoms. The van der Waals surface area contributed by atoms with Crippen LogP contribution in [-0.4, -0.2) is 50.3 Å². The molecule has 0 radical (unpaired) electrons. The number of fused-ring (bicyclic) bond motifs is 3. The third-order valence-electron chi connectivity index (χ3n) is 5.74. The Morgan fingerprint density at radius 3 is 2.60 bits per heavy atom. The number of aromatic nitrogens is 1. The highest BCUT2D eigenvalue weighted by Gasteiger charge is 2.25. The van der Waals surface area contributed by atoms with Gasteiger partial charge in [-0.05, 0) is 63.5 Å². The van der Waals surface area contributed by atoms with E-state index in [0.717, 1.165) is 36.4 Å². The lowest BCUT2D eigenvalue weighted by Gasteiger charge is -2.30. The third kappa shape index (κ3) is 3.23. The topological polar surface area (TPSA) is 49.5 Å². The predicted octanol–water partition coefficient (Wildman–Crippen LogP) is 3.25. The number of nitrogens with one attached hydrogen (secondary N) is 2. The van der Waals surface area contributed by atoms with Crippen molar-refractivity contribution in [3.05, 3.63) is 23.4 Å². The number of hydrogen-bond donors (Lipinski definition) is 2. The molecule has 1 atom stereocenters. The minimum atomic E-state index is 0.412. The van der Waals surface area contributed by atoms with Gasteiger partial charge in [0.25, 0.3) is 0 Å². The maximum absolute atomic E-state index is 5.50. The Labute approximate surface area is 149 Å². The fourth-order valence-electron chi connectivity index (χ4n) is 4.38. The zero-order chi connectivity index (χ0) is 17.2.